The summed E-state index contributed by atoms with van der Waals surface area (Å²) in [7, 11) is 0. The number of benzene rings is 2. The van der Waals surface area contributed by atoms with Gasteiger partial charge in [0.05, 0.1) is 23.0 Å². The Morgan fingerprint density at radius 1 is 1.24 bits per heavy atom. The topological polar surface area (TPSA) is 60.0 Å². The number of nitrogens with zero attached hydrogens (tertiary/aromatic N) is 3. The molecule has 2 heterocycles. The lowest BCUT2D eigenvalue weighted by Crippen LogP contribution is -1.98. The zero-order valence-electron chi connectivity index (χ0n) is 16.3. The highest BCUT2D eigenvalue weighted by Gasteiger charge is 2.20. The molecule has 4 aromatic rings. The molecule has 0 saturated heterocycles. The smallest absolute Gasteiger partial charge is 0.335 e. The van der Waals surface area contributed by atoms with Crippen molar-refractivity contribution in [1.82, 2.24) is 14.3 Å². The molecule has 0 atom stereocenters. The summed E-state index contributed by atoms with van der Waals surface area (Å²) in [6, 6.07) is 10.9. The fraction of sp³-hybridized carbons (Fsp3) is 0.182. The van der Waals surface area contributed by atoms with Crippen molar-refractivity contribution in [3.8, 4) is 5.69 Å². The Hall–Kier alpha value is -2.70. The van der Waals surface area contributed by atoms with Crippen LogP contribution >= 0.6 is 23.4 Å². The molecular weight excluding hydrogens is 406 g/mol. The van der Waals surface area contributed by atoms with Gasteiger partial charge in [0.1, 0.15) is 0 Å². The van der Waals surface area contributed by atoms with E-state index in [2.05, 4.69) is 23.5 Å². The molecule has 2 aromatic carbocycles. The van der Waals surface area contributed by atoms with Gasteiger partial charge in [-0.15, -0.1) is 0 Å². The highest BCUT2D eigenvalue weighted by Crippen LogP contribution is 2.42. The molecule has 29 heavy (non-hydrogen) atoms. The second-order valence-electron chi connectivity index (χ2n) is 6.81. The maximum Gasteiger partial charge on any atom is 0.335 e. The Balaban J connectivity index is 1.93. The van der Waals surface area contributed by atoms with Gasteiger partial charge in [0, 0.05) is 38.6 Å². The van der Waals surface area contributed by atoms with Gasteiger partial charge >= 0.3 is 5.97 Å². The Morgan fingerprint density at radius 3 is 2.72 bits per heavy atom. The fourth-order valence-electron chi connectivity index (χ4n) is 3.51. The van der Waals surface area contributed by atoms with Crippen molar-refractivity contribution in [2.75, 3.05) is 0 Å². The number of aromatic nitrogens is 3. The van der Waals surface area contributed by atoms with Crippen LogP contribution in [-0.2, 0) is 6.54 Å². The van der Waals surface area contributed by atoms with E-state index < -0.39 is 5.97 Å². The largest absolute Gasteiger partial charge is 0.478 e. The average Bonchev–Trinajstić information content (AvgIpc) is 3.28. The van der Waals surface area contributed by atoms with Crippen LogP contribution in [0.5, 0.6) is 0 Å². The van der Waals surface area contributed by atoms with E-state index in [0.29, 0.717) is 5.02 Å². The molecule has 5 nitrogen and oxygen atoms in total. The summed E-state index contributed by atoms with van der Waals surface area (Å²) in [6.45, 7) is 6.93. The summed E-state index contributed by atoms with van der Waals surface area (Å²) in [6.07, 6.45) is 3.88. The average molecular weight is 426 g/mol. The van der Waals surface area contributed by atoms with E-state index in [1.807, 2.05) is 42.2 Å². The molecule has 0 aliphatic carbocycles. The summed E-state index contributed by atoms with van der Waals surface area (Å²) < 4.78 is 4.07. The van der Waals surface area contributed by atoms with Gasteiger partial charge in [-0.2, -0.15) is 5.10 Å². The summed E-state index contributed by atoms with van der Waals surface area (Å²) in [5.41, 5.74) is 4.36. The standard InChI is InChI=1S/C22H20ClN3O2S/c1-4-25-12-16(11-24-25)26-14(3)21(18-8-9-19(23)13(2)20(18)26)29-17-7-5-6-15(10-17)22(27)28/h5-12H,4H2,1-3H3,(H,27,28). The normalized spacial score (nSPS) is 11.3. The molecule has 7 heteroatoms. The Bertz CT molecular complexity index is 1240. The first-order valence-electron chi connectivity index (χ1n) is 9.24. The predicted octanol–water partition coefficient (Wildman–Crippen LogP) is 5.97. The van der Waals surface area contributed by atoms with Crippen LogP contribution in [0, 0.1) is 13.8 Å². The zero-order valence-corrected chi connectivity index (χ0v) is 17.9. The van der Waals surface area contributed by atoms with E-state index in [1.165, 1.54) is 0 Å². The Kier molecular flexibility index (Phi) is 5.15. The third-order valence-electron chi connectivity index (χ3n) is 5.00. The van der Waals surface area contributed by atoms with Gasteiger partial charge in [0.25, 0.3) is 0 Å². The monoisotopic (exact) mass is 425 g/mol. The van der Waals surface area contributed by atoms with Gasteiger partial charge in [0.2, 0.25) is 0 Å². The number of carbonyl (C=O) groups is 1. The van der Waals surface area contributed by atoms with E-state index in [1.54, 1.807) is 30.0 Å². The van der Waals surface area contributed by atoms with E-state index >= 15 is 0 Å². The van der Waals surface area contributed by atoms with E-state index in [4.69, 9.17) is 11.6 Å². The first-order chi connectivity index (χ1) is 13.9. The molecule has 1 N–H and O–H groups in total. The number of carboxylic acid groups (broad SMARTS) is 1. The number of halogens is 1. The lowest BCUT2D eigenvalue weighted by molar-refractivity contribution is 0.0696. The molecular formula is C22H20ClN3O2S. The molecule has 0 saturated carbocycles. The minimum Gasteiger partial charge on any atom is -0.478 e. The number of aryl methyl sites for hydroxylation is 2. The van der Waals surface area contributed by atoms with Crippen LogP contribution in [0.4, 0.5) is 0 Å². The molecule has 0 fully saturated rings. The van der Waals surface area contributed by atoms with Crippen LogP contribution in [0.3, 0.4) is 0 Å². The van der Waals surface area contributed by atoms with Crippen molar-refractivity contribution >= 4 is 40.2 Å². The van der Waals surface area contributed by atoms with Gasteiger partial charge in [-0.05, 0) is 50.6 Å². The minimum atomic E-state index is -0.929. The summed E-state index contributed by atoms with van der Waals surface area (Å²) in [5.74, 6) is -0.929. The van der Waals surface area contributed by atoms with E-state index in [-0.39, 0.29) is 5.56 Å². The first-order valence-corrected chi connectivity index (χ1v) is 10.4. The molecule has 148 valence electrons. The van der Waals surface area contributed by atoms with Crippen molar-refractivity contribution in [2.24, 2.45) is 0 Å². The second-order valence-corrected chi connectivity index (χ2v) is 8.30. The molecule has 0 amide bonds. The maximum atomic E-state index is 11.3. The van der Waals surface area contributed by atoms with Crippen molar-refractivity contribution < 1.29 is 9.90 Å². The summed E-state index contributed by atoms with van der Waals surface area (Å²) >= 11 is 8.01. The molecule has 0 radical (unpaired) electrons. The Morgan fingerprint density at radius 2 is 2.03 bits per heavy atom. The molecule has 0 spiro atoms. The van der Waals surface area contributed by atoms with Crippen LogP contribution < -0.4 is 0 Å². The minimum absolute atomic E-state index is 0.278. The zero-order chi connectivity index (χ0) is 20.7. The maximum absolute atomic E-state index is 11.3. The first kappa shape index (κ1) is 19.6. The number of aromatic carboxylic acids is 1. The van der Waals surface area contributed by atoms with Crippen LogP contribution in [0.1, 0.15) is 28.5 Å². The van der Waals surface area contributed by atoms with Gasteiger partial charge < -0.3 is 9.67 Å². The van der Waals surface area contributed by atoms with Gasteiger partial charge in [0.15, 0.2) is 0 Å². The fourth-order valence-corrected chi connectivity index (χ4v) is 4.75. The third kappa shape index (κ3) is 3.43. The molecule has 0 aliphatic rings. The number of rotatable bonds is 5. The quantitative estimate of drug-likeness (QED) is 0.428. The van der Waals surface area contributed by atoms with E-state index in [9.17, 15) is 9.90 Å². The highest BCUT2D eigenvalue weighted by molar-refractivity contribution is 7.99. The number of hydrogen-bond donors (Lipinski definition) is 1. The predicted molar refractivity (Wildman–Crippen MR) is 117 cm³/mol. The Labute approximate surface area is 177 Å². The molecule has 4 rings (SSSR count). The van der Waals surface area contributed by atoms with E-state index in [0.717, 1.165) is 44.2 Å². The van der Waals surface area contributed by atoms with Crippen LogP contribution in [0.2, 0.25) is 5.02 Å². The van der Waals surface area contributed by atoms with Crippen LogP contribution in [-0.4, -0.2) is 25.4 Å². The molecule has 0 unspecified atom stereocenters. The lowest BCUT2D eigenvalue weighted by Gasteiger charge is -2.08. The third-order valence-corrected chi connectivity index (χ3v) is 6.62. The number of hydrogen-bond acceptors (Lipinski definition) is 3. The van der Waals surface area contributed by atoms with Gasteiger partial charge in [-0.25, -0.2) is 4.79 Å². The van der Waals surface area contributed by atoms with Crippen molar-refractivity contribution in [2.45, 2.75) is 37.1 Å². The highest BCUT2D eigenvalue weighted by atomic mass is 35.5. The number of carboxylic acids is 1. The molecule has 0 bridgehead atoms. The van der Waals surface area contributed by atoms with Crippen LogP contribution in [0.15, 0.2) is 58.6 Å². The second kappa shape index (κ2) is 7.61. The van der Waals surface area contributed by atoms with Crippen LogP contribution in [0.25, 0.3) is 16.6 Å². The van der Waals surface area contributed by atoms with Crippen molar-refractivity contribution in [3.05, 3.63) is 70.6 Å². The summed E-state index contributed by atoms with van der Waals surface area (Å²) in [5, 5.41) is 15.5. The van der Waals surface area contributed by atoms with Crippen molar-refractivity contribution in [3.63, 3.8) is 0 Å². The summed E-state index contributed by atoms with van der Waals surface area (Å²) in [4.78, 5) is 13.3. The number of fused-ring (bicyclic) bond motifs is 1. The molecule has 0 aliphatic heterocycles. The SMILES string of the molecule is CCn1cc(-n2c(C)c(Sc3cccc(C(=O)O)c3)c3ccc(Cl)c(C)c32)cn1. The molecule has 2 aromatic heterocycles. The van der Waals surface area contributed by atoms with Gasteiger partial charge in [-0.1, -0.05) is 35.5 Å². The van der Waals surface area contributed by atoms with Gasteiger partial charge in [-0.3, -0.25) is 4.68 Å². The lowest BCUT2D eigenvalue weighted by atomic mass is 10.1. The van der Waals surface area contributed by atoms with Crippen molar-refractivity contribution in [1.29, 1.82) is 0 Å².